The summed E-state index contributed by atoms with van der Waals surface area (Å²) in [6.45, 7) is 2.43. The third-order valence-electron chi connectivity index (χ3n) is 4.34. The number of rotatable bonds is 3. The molecule has 21 heavy (non-hydrogen) atoms. The van der Waals surface area contributed by atoms with Gasteiger partial charge in [-0.2, -0.15) is 0 Å². The molecule has 0 unspecified atom stereocenters. The monoisotopic (exact) mass is 311 g/mol. The second kappa shape index (κ2) is 6.15. The van der Waals surface area contributed by atoms with Crippen LogP contribution in [0.4, 0.5) is 11.5 Å². The normalized spacial score (nSPS) is 23.5. The first kappa shape index (κ1) is 14.5. The summed E-state index contributed by atoms with van der Waals surface area (Å²) in [6, 6.07) is 1.37. The molecule has 7 heteroatoms. The number of hydrogen-bond donors (Lipinski definition) is 0. The first-order valence-corrected chi connectivity index (χ1v) is 7.69. The van der Waals surface area contributed by atoms with Crippen LogP contribution >= 0.6 is 11.6 Å². The molecule has 1 aromatic heterocycles. The molecule has 0 aliphatic carbocycles. The quantitative estimate of drug-likeness (QED) is 0.634. The van der Waals surface area contributed by atoms with Gasteiger partial charge in [0.05, 0.1) is 16.0 Å². The van der Waals surface area contributed by atoms with Crippen LogP contribution in [0.3, 0.4) is 0 Å². The van der Waals surface area contributed by atoms with Gasteiger partial charge in [-0.3, -0.25) is 10.1 Å². The van der Waals surface area contributed by atoms with Crippen LogP contribution in [0.1, 0.15) is 25.7 Å². The van der Waals surface area contributed by atoms with Gasteiger partial charge in [0.2, 0.25) is 5.82 Å². The van der Waals surface area contributed by atoms with Crippen molar-refractivity contribution in [3.8, 4) is 0 Å². The van der Waals surface area contributed by atoms with E-state index in [4.69, 9.17) is 16.3 Å². The van der Waals surface area contributed by atoms with Crippen molar-refractivity contribution >= 4 is 23.1 Å². The van der Waals surface area contributed by atoms with Crippen LogP contribution in [0, 0.1) is 16.0 Å². The van der Waals surface area contributed by atoms with E-state index >= 15 is 0 Å². The number of nitro groups is 1. The van der Waals surface area contributed by atoms with Gasteiger partial charge in [-0.15, -0.1) is 0 Å². The van der Waals surface area contributed by atoms with Gasteiger partial charge in [0.25, 0.3) is 0 Å². The van der Waals surface area contributed by atoms with Gasteiger partial charge in [-0.1, -0.05) is 11.6 Å². The summed E-state index contributed by atoms with van der Waals surface area (Å²) in [5.41, 5.74) is -0.0157. The number of aromatic nitrogens is 1. The summed E-state index contributed by atoms with van der Waals surface area (Å²) in [5.74, 6) is 0.991. The standard InChI is InChI=1S/C14H18ClN3O3/c15-11-8-12(18(19)20)14(16-9-11)17-5-3-10(4-6-17)13-2-1-7-21-13/h8-10,13H,1-7H2/t13-/m0/s1. The van der Waals surface area contributed by atoms with Crippen molar-refractivity contribution in [1.82, 2.24) is 4.98 Å². The summed E-state index contributed by atoms with van der Waals surface area (Å²) in [6.07, 6.45) is 6.12. The lowest BCUT2D eigenvalue weighted by atomic mass is 9.90. The summed E-state index contributed by atoms with van der Waals surface area (Å²) in [4.78, 5) is 16.9. The van der Waals surface area contributed by atoms with Gasteiger partial charge >= 0.3 is 5.69 Å². The van der Waals surface area contributed by atoms with Crippen molar-refractivity contribution < 1.29 is 9.66 Å². The highest BCUT2D eigenvalue weighted by molar-refractivity contribution is 6.30. The maximum absolute atomic E-state index is 11.2. The van der Waals surface area contributed by atoms with Crippen molar-refractivity contribution in [1.29, 1.82) is 0 Å². The number of hydrogen-bond acceptors (Lipinski definition) is 5. The van der Waals surface area contributed by atoms with E-state index in [0.717, 1.165) is 45.4 Å². The average Bonchev–Trinajstić information content (AvgIpc) is 3.01. The summed E-state index contributed by atoms with van der Waals surface area (Å²) in [7, 11) is 0. The van der Waals surface area contributed by atoms with Crippen LogP contribution in [0.15, 0.2) is 12.3 Å². The molecule has 3 heterocycles. The molecule has 0 N–H and O–H groups in total. The Balaban J connectivity index is 1.70. The first-order chi connectivity index (χ1) is 10.1. The molecule has 2 saturated heterocycles. The molecule has 0 aromatic carbocycles. The summed E-state index contributed by atoms with van der Waals surface area (Å²) >= 11 is 5.81. The van der Waals surface area contributed by atoms with Gasteiger partial charge in [0.1, 0.15) is 0 Å². The third kappa shape index (κ3) is 3.11. The van der Waals surface area contributed by atoms with Gasteiger partial charge in [-0.25, -0.2) is 4.98 Å². The van der Waals surface area contributed by atoms with Gasteiger partial charge in [0.15, 0.2) is 0 Å². The number of piperidine rings is 1. The molecule has 114 valence electrons. The average molecular weight is 312 g/mol. The lowest BCUT2D eigenvalue weighted by molar-refractivity contribution is -0.384. The number of halogens is 1. The molecule has 0 amide bonds. The van der Waals surface area contributed by atoms with E-state index in [1.54, 1.807) is 0 Å². The Hall–Kier alpha value is -1.40. The fraction of sp³-hybridized carbons (Fsp3) is 0.643. The second-order valence-electron chi connectivity index (χ2n) is 5.63. The van der Waals surface area contributed by atoms with Crippen LogP contribution < -0.4 is 4.90 Å². The highest BCUT2D eigenvalue weighted by Crippen LogP contribution is 2.34. The van der Waals surface area contributed by atoms with Gasteiger partial charge in [-0.05, 0) is 31.6 Å². The minimum atomic E-state index is -0.416. The smallest absolute Gasteiger partial charge is 0.313 e. The van der Waals surface area contributed by atoms with Crippen LogP contribution in [0.2, 0.25) is 5.02 Å². The van der Waals surface area contributed by atoms with Crippen molar-refractivity contribution in [2.75, 3.05) is 24.6 Å². The summed E-state index contributed by atoms with van der Waals surface area (Å²) in [5, 5.41) is 11.4. The van der Waals surface area contributed by atoms with Crippen molar-refractivity contribution in [2.24, 2.45) is 5.92 Å². The molecular weight excluding hydrogens is 294 g/mol. The maximum Gasteiger partial charge on any atom is 0.313 e. The Bertz CT molecular complexity index is 526. The zero-order valence-electron chi connectivity index (χ0n) is 11.7. The highest BCUT2D eigenvalue weighted by Gasteiger charge is 2.31. The molecule has 0 saturated carbocycles. The number of pyridine rings is 1. The molecule has 3 rings (SSSR count). The highest BCUT2D eigenvalue weighted by atomic mass is 35.5. The molecule has 1 atom stereocenters. The van der Waals surface area contributed by atoms with E-state index in [1.807, 2.05) is 4.90 Å². The third-order valence-corrected chi connectivity index (χ3v) is 4.55. The zero-order valence-corrected chi connectivity index (χ0v) is 12.5. The largest absolute Gasteiger partial charge is 0.378 e. The molecule has 2 aliphatic rings. The van der Waals surface area contributed by atoms with Crippen molar-refractivity contribution in [3.63, 3.8) is 0 Å². The molecule has 1 aromatic rings. The molecular formula is C14H18ClN3O3. The fourth-order valence-corrected chi connectivity index (χ4v) is 3.41. The van der Waals surface area contributed by atoms with Gasteiger partial charge in [0, 0.05) is 32.0 Å². The molecule has 0 radical (unpaired) electrons. The van der Waals surface area contributed by atoms with Crippen molar-refractivity contribution in [2.45, 2.75) is 31.8 Å². The Morgan fingerprint density at radius 2 is 2.14 bits per heavy atom. The molecule has 0 spiro atoms. The van der Waals surface area contributed by atoms with E-state index in [9.17, 15) is 10.1 Å². The van der Waals surface area contributed by atoms with Crippen LogP contribution in [-0.2, 0) is 4.74 Å². The lowest BCUT2D eigenvalue weighted by Gasteiger charge is -2.34. The van der Waals surface area contributed by atoms with E-state index in [2.05, 4.69) is 4.98 Å². The Labute approximate surface area is 128 Å². The van der Waals surface area contributed by atoms with E-state index in [1.165, 1.54) is 12.3 Å². The van der Waals surface area contributed by atoms with Gasteiger partial charge < -0.3 is 9.64 Å². The SMILES string of the molecule is O=[N+]([O-])c1cc(Cl)cnc1N1CCC([C@@H]2CCCO2)CC1. The number of ether oxygens (including phenoxy) is 1. The predicted molar refractivity (Wildman–Crippen MR) is 79.8 cm³/mol. The Morgan fingerprint density at radius 1 is 1.38 bits per heavy atom. The Morgan fingerprint density at radius 3 is 2.76 bits per heavy atom. The molecule has 2 aliphatic heterocycles. The molecule has 0 bridgehead atoms. The van der Waals surface area contributed by atoms with E-state index in [-0.39, 0.29) is 5.69 Å². The fourth-order valence-electron chi connectivity index (χ4n) is 3.26. The maximum atomic E-state index is 11.2. The first-order valence-electron chi connectivity index (χ1n) is 7.31. The summed E-state index contributed by atoms with van der Waals surface area (Å²) < 4.78 is 5.75. The van der Waals surface area contributed by atoms with Crippen LogP contribution in [0.25, 0.3) is 0 Å². The topological polar surface area (TPSA) is 68.5 Å². The Kier molecular flexibility index (Phi) is 4.26. The second-order valence-corrected chi connectivity index (χ2v) is 6.07. The molecule has 6 nitrogen and oxygen atoms in total. The van der Waals surface area contributed by atoms with E-state index in [0.29, 0.717) is 22.9 Å². The minimum Gasteiger partial charge on any atom is -0.378 e. The van der Waals surface area contributed by atoms with Crippen molar-refractivity contribution in [3.05, 3.63) is 27.4 Å². The molecule has 2 fully saturated rings. The number of anilines is 1. The minimum absolute atomic E-state index is 0.0157. The van der Waals surface area contributed by atoms with Crippen LogP contribution in [0.5, 0.6) is 0 Å². The number of nitrogens with zero attached hydrogens (tertiary/aromatic N) is 3. The predicted octanol–water partition coefficient (Wildman–Crippen LogP) is 3.04. The van der Waals surface area contributed by atoms with Crippen LogP contribution in [-0.4, -0.2) is 35.7 Å². The van der Waals surface area contributed by atoms with E-state index < -0.39 is 4.92 Å². The lowest BCUT2D eigenvalue weighted by Crippen LogP contribution is -2.38. The zero-order chi connectivity index (χ0) is 14.8.